The molecule has 0 radical (unpaired) electrons. The molecule has 14 heavy (non-hydrogen) atoms. The maximum absolute atomic E-state index is 5.81. The Balaban J connectivity index is 2.75. The highest BCUT2D eigenvalue weighted by atomic mass is 35.5. The highest BCUT2D eigenvalue weighted by Gasteiger charge is 2.05. The lowest BCUT2D eigenvalue weighted by molar-refractivity contribution is 0.732. The fourth-order valence-corrected chi connectivity index (χ4v) is 1.52. The zero-order chi connectivity index (χ0) is 10.4. The molecule has 0 amide bonds. The number of nitrogens with zero attached hydrogens (tertiary/aromatic N) is 3. The Labute approximate surface area is 90.1 Å². The van der Waals surface area contributed by atoms with Crippen LogP contribution in [0, 0.1) is 0 Å². The van der Waals surface area contributed by atoms with Gasteiger partial charge in [-0.05, 0) is 12.8 Å². The van der Waals surface area contributed by atoms with E-state index in [-0.39, 0.29) is 0 Å². The minimum atomic E-state index is 0.507. The first-order valence-electron chi connectivity index (χ1n) is 5.00. The van der Waals surface area contributed by atoms with E-state index in [0.717, 1.165) is 31.7 Å². The molecule has 1 aromatic rings. The topological polar surface area (TPSA) is 29.0 Å². The van der Waals surface area contributed by atoms with Crippen molar-refractivity contribution in [1.29, 1.82) is 0 Å². The van der Waals surface area contributed by atoms with E-state index in [1.807, 2.05) is 6.07 Å². The number of rotatable bonds is 5. The number of hydrogen-bond donors (Lipinski definition) is 0. The van der Waals surface area contributed by atoms with Crippen LogP contribution in [0.4, 0.5) is 5.82 Å². The molecule has 0 aliphatic carbocycles. The molecule has 0 N–H and O–H groups in total. The van der Waals surface area contributed by atoms with Crippen LogP contribution in [0.5, 0.6) is 0 Å². The molecule has 0 unspecified atom stereocenters. The molecule has 1 aromatic heterocycles. The van der Waals surface area contributed by atoms with Gasteiger partial charge in [-0.2, -0.15) is 0 Å². The molecule has 0 bridgehead atoms. The molecule has 1 rings (SSSR count). The third kappa shape index (κ3) is 3.14. The van der Waals surface area contributed by atoms with Crippen LogP contribution in [0.1, 0.15) is 26.7 Å². The Bertz CT molecular complexity index is 272. The van der Waals surface area contributed by atoms with Gasteiger partial charge in [0.25, 0.3) is 0 Å². The summed E-state index contributed by atoms with van der Waals surface area (Å²) in [6, 6.07) is 1.81. The lowest BCUT2D eigenvalue weighted by Crippen LogP contribution is -2.25. The van der Waals surface area contributed by atoms with Gasteiger partial charge in [0, 0.05) is 19.2 Å². The van der Waals surface area contributed by atoms with E-state index >= 15 is 0 Å². The monoisotopic (exact) mass is 213 g/mol. The molecule has 0 aliphatic rings. The van der Waals surface area contributed by atoms with Crippen molar-refractivity contribution in [3.8, 4) is 0 Å². The second-order valence-electron chi connectivity index (χ2n) is 3.19. The Morgan fingerprint density at radius 1 is 1.21 bits per heavy atom. The van der Waals surface area contributed by atoms with Crippen molar-refractivity contribution >= 4 is 17.4 Å². The molecule has 78 valence electrons. The van der Waals surface area contributed by atoms with Gasteiger partial charge >= 0.3 is 0 Å². The van der Waals surface area contributed by atoms with Crippen LogP contribution in [-0.4, -0.2) is 23.1 Å². The molecule has 0 aromatic carbocycles. The highest BCUT2D eigenvalue weighted by Crippen LogP contribution is 2.14. The summed E-state index contributed by atoms with van der Waals surface area (Å²) >= 11 is 5.81. The van der Waals surface area contributed by atoms with Crippen LogP contribution in [0.2, 0.25) is 5.15 Å². The summed E-state index contributed by atoms with van der Waals surface area (Å²) in [5.41, 5.74) is 0. The van der Waals surface area contributed by atoms with Gasteiger partial charge in [0.05, 0.1) is 0 Å². The first-order valence-corrected chi connectivity index (χ1v) is 5.38. The van der Waals surface area contributed by atoms with Crippen molar-refractivity contribution in [3.63, 3.8) is 0 Å². The van der Waals surface area contributed by atoms with E-state index in [4.69, 9.17) is 11.6 Å². The average molecular weight is 214 g/mol. The number of hydrogen-bond acceptors (Lipinski definition) is 3. The van der Waals surface area contributed by atoms with E-state index in [9.17, 15) is 0 Å². The first kappa shape index (κ1) is 11.2. The van der Waals surface area contributed by atoms with Gasteiger partial charge in [-0.3, -0.25) is 0 Å². The van der Waals surface area contributed by atoms with Crippen LogP contribution in [0.25, 0.3) is 0 Å². The second-order valence-corrected chi connectivity index (χ2v) is 3.57. The maximum atomic E-state index is 5.81. The first-order chi connectivity index (χ1) is 6.77. The molecule has 0 spiro atoms. The number of aromatic nitrogens is 2. The van der Waals surface area contributed by atoms with Gasteiger partial charge in [0.2, 0.25) is 0 Å². The smallest absolute Gasteiger partial charge is 0.134 e. The third-order valence-electron chi connectivity index (χ3n) is 1.93. The van der Waals surface area contributed by atoms with Crippen molar-refractivity contribution in [2.45, 2.75) is 26.7 Å². The summed E-state index contributed by atoms with van der Waals surface area (Å²) in [6.45, 7) is 6.35. The van der Waals surface area contributed by atoms with Crippen molar-refractivity contribution in [2.75, 3.05) is 18.0 Å². The normalized spacial score (nSPS) is 10.2. The van der Waals surface area contributed by atoms with E-state index in [2.05, 4.69) is 28.7 Å². The summed E-state index contributed by atoms with van der Waals surface area (Å²) in [7, 11) is 0. The lowest BCUT2D eigenvalue weighted by Gasteiger charge is -2.22. The van der Waals surface area contributed by atoms with E-state index < -0.39 is 0 Å². The molecule has 4 heteroatoms. The summed E-state index contributed by atoms with van der Waals surface area (Å²) in [6.07, 6.45) is 3.74. The molecule has 3 nitrogen and oxygen atoms in total. The van der Waals surface area contributed by atoms with Gasteiger partial charge in [-0.15, -0.1) is 0 Å². The zero-order valence-electron chi connectivity index (χ0n) is 8.70. The van der Waals surface area contributed by atoms with Crippen molar-refractivity contribution < 1.29 is 0 Å². The Kier molecular flexibility index (Phi) is 4.66. The van der Waals surface area contributed by atoms with E-state index in [0.29, 0.717) is 5.15 Å². The molecule has 0 atom stereocenters. The fraction of sp³-hybridized carbons (Fsp3) is 0.600. The zero-order valence-corrected chi connectivity index (χ0v) is 9.46. The Hall–Kier alpha value is -0.830. The molecular weight excluding hydrogens is 198 g/mol. The SMILES string of the molecule is CCCN(CCC)c1cc(Cl)ncn1. The highest BCUT2D eigenvalue weighted by molar-refractivity contribution is 6.29. The van der Waals surface area contributed by atoms with Crippen molar-refractivity contribution in [1.82, 2.24) is 9.97 Å². The minimum absolute atomic E-state index is 0.507. The van der Waals surface area contributed by atoms with Crippen molar-refractivity contribution in [3.05, 3.63) is 17.5 Å². The largest absolute Gasteiger partial charge is 0.356 e. The lowest BCUT2D eigenvalue weighted by atomic mass is 10.3. The summed E-state index contributed by atoms with van der Waals surface area (Å²) in [5, 5.41) is 0.507. The predicted molar refractivity (Wildman–Crippen MR) is 59.8 cm³/mol. The molecule has 0 fully saturated rings. The molecule has 0 saturated carbocycles. The summed E-state index contributed by atoms with van der Waals surface area (Å²) in [5.74, 6) is 0.925. The fourth-order valence-electron chi connectivity index (χ4n) is 1.38. The van der Waals surface area contributed by atoms with Gasteiger partial charge in [0.15, 0.2) is 0 Å². The Morgan fingerprint density at radius 3 is 2.36 bits per heavy atom. The van der Waals surface area contributed by atoms with Crippen molar-refractivity contribution in [2.24, 2.45) is 0 Å². The van der Waals surface area contributed by atoms with Gasteiger partial charge < -0.3 is 4.90 Å². The van der Waals surface area contributed by atoms with Gasteiger partial charge in [0.1, 0.15) is 17.3 Å². The quantitative estimate of drug-likeness (QED) is 0.705. The van der Waals surface area contributed by atoms with Gasteiger partial charge in [-0.25, -0.2) is 9.97 Å². The van der Waals surface area contributed by atoms with Crippen LogP contribution in [0.3, 0.4) is 0 Å². The molecular formula is C10H16ClN3. The Morgan fingerprint density at radius 2 is 1.86 bits per heavy atom. The van der Waals surface area contributed by atoms with Crippen LogP contribution < -0.4 is 4.90 Å². The van der Waals surface area contributed by atoms with E-state index in [1.54, 1.807) is 0 Å². The van der Waals surface area contributed by atoms with Crippen LogP contribution >= 0.6 is 11.6 Å². The van der Waals surface area contributed by atoms with E-state index in [1.165, 1.54) is 6.33 Å². The second kappa shape index (κ2) is 5.81. The minimum Gasteiger partial charge on any atom is -0.356 e. The molecule has 0 aliphatic heterocycles. The summed E-state index contributed by atoms with van der Waals surface area (Å²) in [4.78, 5) is 10.3. The molecule has 0 saturated heterocycles. The van der Waals surface area contributed by atoms with Gasteiger partial charge in [-0.1, -0.05) is 25.4 Å². The third-order valence-corrected chi connectivity index (χ3v) is 2.14. The molecule has 1 heterocycles. The van der Waals surface area contributed by atoms with Crippen LogP contribution in [0.15, 0.2) is 12.4 Å². The van der Waals surface area contributed by atoms with Crippen LogP contribution in [-0.2, 0) is 0 Å². The maximum Gasteiger partial charge on any atom is 0.134 e. The summed E-state index contributed by atoms with van der Waals surface area (Å²) < 4.78 is 0. The number of halogens is 1. The average Bonchev–Trinajstić information content (AvgIpc) is 2.17. The predicted octanol–water partition coefficient (Wildman–Crippen LogP) is 2.76. The standard InChI is InChI=1S/C10H16ClN3/c1-3-5-14(6-4-2)10-7-9(11)12-8-13-10/h7-8H,3-6H2,1-2H3. The number of anilines is 1.